The number of carbonyl (C=O) groups excluding carboxylic acids is 1. The molecule has 3 N–H and O–H groups in total. The number of aliphatic hydroxyl groups is 2. The minimum absolute atomic E-state index is 0.0958. The average Bonchev–Trinajstić information content (AvgIpc) is 3.04. The maximum atomic E-state index is 12.3. The number of carbonyl (C=O) groups is 1. The Morgan fingerprint density at radius 2 is 0.978 bits per heavy atom. The molecule has 1 amide bonds. The molecule has 0 rings (SSSR count). The van der Waals surface area contributed by atoms with Gasteiger partial charge in [-0.1, -0.05) is 157 Å². The van der Waals surface area contributed by atoms with Gasteiger partial charge in [-0.3, -0.25) is 4.79 Å². The van der Waals surface area contributed by atoms with Crippen molar-refractivity contribution in [3.8, 4) is 0 Å². The molecule has 0 spiro atoms. The first kappa shape index (κ1) is 42.6. The van der Waals surface area contributed by atoms with Crippen LogP contribution in [0.3, 0.4) is 0 Å². The predicted octanol–water partition coefficient (Wildman–Crippen LogP) is 10.9. The summed E-state index contributed by atoms with van der Waals surface area (Å²) in [5.74, 6) is -0.0958. The summed E-state index contributed by atoms with van der Waals surface area (Å²) in [6.45, 7) is 4.14. The lowest BCUT2D eigenvalue weighted by molar-refractivity contribution is -0.123. The fourth-order valence-electron chi connectivity index (χ4n) is 4.82. The minimum Gasteiger partial charge on any atom is -0.394 e. The normalized spacial score (nSPS) is 14.1. The van der Waals surface area contributed by atoms with Gasteiger partial charge in [-0.05, 0) is 70.6 Å². The van der Waals surface area contributed by atoms with Gasteiger partial charge in [0.15, 0.2) is 0 Å². The Morgan fingerprint density at radius 3 is 1.47 bits per heavy atom. The highest BCUT2D eigenvalue weighted by molar-refractivity contribution is 5.76. The first-order chi connectivity index (χ1) is 22.2. The molecule has 0 bridgehead atoms. The van der Waals surface area contributed by atoms with Crippen molar-refractivity contribution in [3.05, 3.63) is 85.1 Å². The van der Waals surface area contributed by atoms with E-state index >= 15 is 0 Å². The van der Waals surface area contributed by atoms with Crippen molar-refractivity contribution in [1.82, 2.24) is 5.32 Å². The summed E-state index contributed by atoms with van der Waals surface area (Å²) in [5, 5.41) is 22.8. The Kier molecular flexibility index (Phi) is 34.1. The fourth-order valence-corrected chi connectivity index (χ4v) is 4.82. The van der Waals surface area contributed by atoms with Gasteiger partial charge >= 0.3 is 0 Å². The first-order valence-electron chi connectivity index (χ1n) is 18.3. The number of rotatable bonds is 31. The van der Waals surface area contributed by atoms with E-state index in [-0.39, 0.29) is 12.5 Å². The summed E-state index contributed by atoms with van der Waals surface area (Å²) in [5.41, 5.74) is 0. The highest BCUT2D eigenvalue weighted by Crippen LogP contribution is 2.11. The lowest BCUT2D eigenvalue weighted by Gasteiger charge is -2.20. The Bertz CT molecular complexity index is 849. The molecular formula is C41H69NO3. The number of amides is 1. The molecule has 0 aromatic rings. The Morgan fingerprint density at radius 1 is 0.556 bits per heavy atom. The third-order valence-corrected chi connectivity index (χ3v) is 7.63. The van der Waals surface area contributed by atoms with Crippen molar-refractivity contribution in [3.63, 3.8) is 0 Å². The van der Waals surface area contributed by atoms with E-state index in [1.807, 2.05) is 6.08 Å². The molecule has 0 aromatic heterocycles. The third-order valence-electron chi connectivity index (χ3n) is 7.63. The third kappa shape index (κ3) is 32.8. The summed E-state index contributed by atoms with van der Waals surface area (Å²) in [7, 11) is 0. The van der Waals surface area contributed by atoms with E-state index < -0.39 is 12.1 Å². The second-order valence-electron chi connectivity index (χ2n) is 11.9. The monoisotopic (exact) mass is 624 g/mol. The molecule has 0 radical (unpaired) electrons. The number of unbranched alkanes of at least 4 members (excludes halogenated alkanes) is 12. The quantitative estimate of drug-likeness (QED) is 0.0531. The van der Waals surface area contributed by atoms with E-state index in [9.17, 15) is 15.0 Å². The number of hydrogen-bond acceptors (Lipinski definition) is 3. The van der Waals surface area contributed by atoms with Crippen LogP contribution in [0.25, 0.3) is 0 Å². The molecule has 45 heavy (non-hydrogen) atoms. The van der Waals surface area contributed by atoms with Gasteiger partial charge < -0.3 is 15.5 Å². The number of nitrogens with one attached hydrogen (secondary N) is 1. The van der Waals surface area contributed by atoms with Gasteiger partial charge in [0.2, 0.25) is 5.91 Å². The lowest BCUT2D eigenvalue weighted by atomic mass is 10.1. The van der Waals surface area contributed by atoms with Crippen LogP contribution in [0.5, 0.6) is 0 Å². The second kappa shape index (κ2) is 36.0. The highest BCUT2D eigenvalue weighted by atomic mass is 16.3. The van der Waals surface area contributed by atoms with Crippen LogP contribution >= 0.6 is 0 Å². The van der Waals surface area contributed by atoms with Gasteiger partial charge in [0.05, 0.1) is 18.8 Å². The van der Waals surface area contributed by atoms with E-state index in [0.29, 0.717) is 6.42 Å². The first-order valence-corrected chi connectivity index (χ1v) is 18.3. The van der Waals surface area contributed by atoms with Gasteiger partial charge in [-0.15, -0.1) is 0 Å². The van der Waals surface area contributed by atoms with Crippen LogP contribution in [-0.2, 0) is 4.79 Å². The minimum atomic E-state index is -0.852. The van der Waals surface area contributed by atoms with Gasteiger partial charge in [-0.25, -0.2) is 0 Å². The number of allylic oxidation sites excluding steroid dienone is 13. The SMILES string of the molecule is CC/C=C\C/C=C\C/C=C\C/C=C\C/C=C\C/C=C\CCCCCCC(=O)NC(CO)C(O)/C=C/CCCCCCCCCC. The smallest absolute Gasteiger partial charge is 0.220 e. The zero-order chi connectivity index (χ0) is 32.9. The van der Waals surface area contributed by atoms with Crippen LogP contribution < -0.4 is 5.32 Å². The van der Waals surface area contributed by atoms with Crippen molar-refractivity contribution in [2.45, 2.75) is 161 Å². The fraction of sp³-hybridized carbons (Fsp3) is 0.634. The van der Waals surface area contributed by atoms with Gasteiger partial charge in [-0.2, -0.15) is 0 Å². The van der Waals surface area contributed by atoms with Crippen LogP contribution in [0, 0.1) is 0 Å². The molecule has 2 unspecified atom stereocenters. The molecule has 0 aliphatic heterocycles. The molecule has 0 saturated carbocycles. The number of aliphatic hydroxyl groups excluding tert-OH is 2. The molecule has 0 heterocycles. The van der Waals surface area contributed by atoms with Crippen LogP contribution in [0.15, 0.2) is 85.1 Å². The van der Waals surface area contributed by atoms with Crippen molar-refractivity contribution in [2.24, 2.45) is 0 Å². The van der Waals surface area contributed by atoms with E-state index in [4.69, 9.17) is 0 Å². The lowest BCUT2D eigenvalue weighted by Crippen LogP contribution is -2.45. The molecule has 4 heteroatoms. The largest absolute Gasteiger partial charge is 0.394 e. The Labute approximate surface area is 278 Å². The zero-order valence-electron chi connectivity index (χ0n) is 29.1. The van der Waals surface area contributed by atoms with Crippen LogP contribution in [0.4, 0.5) is 0 Å². The van der Waals surface area contributed by atoms with Gasteiger partial charge in [0, 0.05) is 6.42 Å². The second-order valence-corrected chi connectivity index (χ2v) is 11.9. The summed E-state index contributed by atoms with van der Waals surface area (Å²) in [6, 6.07) is -0.639. The number of hydrogen-bond donors (Lipinski definition) is 3. The summed E-state index contributed by atoms with van der Waals surface area (Å²) in [6.07, 6.45) is 52.4. The molecule has 0 aliphatic rings. The van der Waals surface area contributed by atoms with Crippen molar-refractivity contribution in [2.75, 3.05) is 6.61 Å². The molecule has 256 valence electrons. The maximum absolute atomic E-state index is 12.3. The van der Waals surface area contributed by atoms with Crippen LogP contribution in [0.2, 0.25) is 0 Å². The molecule has 0 saturated heterocycles. The van der Waals surface area contributed by atoms with Crippen LogP contribution in [0.1, 0.15) is 149 Å². The van der Waals surface area contributed by atoms with E-state index in [1.165, 1.54) is 44.9 Å². The Hall–Kier alpha value is -2.43. The zero-order valence-corrected chi connectivity index (χ0v) is 29.1. The average molecular weight is 624 g/mol. The Balaban J connectivity index is 3.74. The molecule has 0 aliphatic carbocycles. The van der Waals surface area contributed by atoms with Gasteiger partial charge in [0.25, 0.3) is 0 Å². The van der Waals surface area contributed by atoms with E-state index in [0.717, 1.165) is 83.5 Å². The molecule has 2 atom stereocenters. The highest BCUT2D eigenvalue weighted by Gasteiger charge is 2.17. The summed E-state index contributed by atoms with van der Waals surface area (Å²) in [4.78, 5) is 12.3. The van der Waals surface area contributed by atoms with E-state index in [2.05, 4.69) is 92.1 Å². The standard InChI is InChI=1S/C41H69NO3/c1-3-5-7-9-11-13-15-16-17-18-19-20-21-22-23-24-25-26-27-29-31-33-35-37-41(45)42-39(38-43)40(44)36-34-32-30-28-14-12-10-8-6-4-2/h5,7,11,13,16-17,19-20,22-23,25-26,34,36,39-40,43-44H,3-4,6,8-10,12,14-15,18,21,24,27-33,35,37-38H2,1-2H3,(H,42,45)/b7-5-,13-11-,17-16-,20-19-,23-22-,26-25-,36-34+. The molecule has 0 fully saturated rings. The van der Waals surface area contributed by atoms with E-state index in [1.54, 1.807) is 6.08 Å². The summed E-state index contributed by atoms with van der Waals surface area (Å²) < 4.78 is 0. The van der Waals surface area contributed by atoms with Crippen molar-refractivity contribution in [1.29, 1.82) is 0 Å². The molecule has 0 aromatic carbocycles. The molecular weight excluding hydrogens is 554 g/mol. The topological polar surface area (TPSA) is 69.6 Å². The van der Waals surface area contributed by atoms with Crippen molar-refractivity contribution >= 4 is 5.91 Å². The predicted molar refractivity (Wildman–Crippen MR) is 197 cm³/mol. The molecule has 4 nitrogen and oxygen atoms in total. The van der Waals surface area contributed by atoms with Crippen LogP contribution in [-0.4, -0.2) is 34.9 Å². The van der Waals surface area contributed by atoms with Gasteiger partial charge in [0.1, 0.15) is 0 Å². The summed E-state index contributed by atoms with van der Waals surface area (Å²) >= 11 is 0. The van der Waals surface area contributed by atoms with Crippen molar-refractivity contribution < 1.29 is 15.0 Å². The maximum Gasteiger partial charge on any atom is 0.220 e.